The van der Waals surface area contributed by atoms with Crippen LogP contribution in [0.5, 0.6) is 0 Å². The van der Waals surface area contributed by atoms with Crippen LogP contribution in [0.2, 0.25) is 0 Å². The van der Waals surface area contributed by atoms with Gasteiger partial charge in [-0.15, -0.1) is 0 Å². The molecule has 1 aliphatic carbocycles. The Bertz CT molecular complexity index is 253. The van der Waals surface area contributed by atoms with Gasteiger partial charge in [-0.3, -0.25) is 9.69 Å². The maximum atomic E-state index is 11.8. The lowest BCUT2D eigenvalue weighted by atomic mass is 10.4. The van der Waals surface area contributed by atoms with E-state index in [9.17, 15) is 4.79 Å². The van der Waals surface area contributed by atoms with Crippen LogP contribution in [-0.2, 0) is 4.79 Å². The van der Waals surface area contributed by atoms with Crippen molar-refractivity contribution in [3.63, 3.8) is 0 Å². The molecule has 0 atom stereocenters. The molecule has 0 aliphatic heterocycles. The van der Waals surface area contributed by atoms with Crippen molar-refractivity contribution in [2.45, 2.75) is 25.8 Å². The molecule has 15 heavy (non-hydrogen) atoms. The Kier molecular flexibility index (Phi) is 4.47. The molecule has 0 radical (unpaired) electrons. The predicted molar refractivity (Wildman–Crippen MR) is 64.7 cm³/mol. The van der Waals surface area contributed by atoms with Crippen molar-refractivity contribution in [3.05, 3.63) is 0 Å². The van der Waals surface area contributed by atoms with Gasteiger partial charge in [-0.25, -0.2) is 0 Å². The lowest BCUT2D eigenvalue weighted by Gasteiger charge is -2.23. The topological polar surface area (TPSA) is 49.6 Å². The fraction of sp³-hybridized carbons (Fsp3) is 0.800. The van der Waals surface area contributed by atoms with E-state index < -0.39 is 0 Å². The van der Waals surface area contributed by atoms with E-state index in [1.807, 2.05) is 23.8 Å². The molecule has 0 saturated heterocycles. The van der Waals surface area contributed by atoms with E-state index in [1.54, 1.807) is 0 Å². The van der Waals surface area contributed by atoms with Gasteiger partial charge in [-0.2, -0.15) is 0 Å². The minimum Gasteiger partial charge on any atom is -0.392 e. The van der Waals surface area contributed by atoms with Crippen molar-refractivity contribution in [3.8, 4) is 0 Å². The summed E-state index contributed by atoms with van der Waals surface area (Å²) in [5.41, 5.74) is 5.41. The molecule has 2 N–H and O–H groups in total. The minimum atomic E-state index is 0.179. The molecule has 1 fully saturated rings. The number of nitrogens with two attached hydrogens (primary N) is 1. The molecule has 4 nitrogen and oxygen atoms in total. The summed E-state index contributed by atoms with van der Waals surface area (Å²) in [6.07, 6.45) is 2.30. The fourth-order valence-corrected chi connectivity index (χ4v) is 1.89. The second kappa shape index (κ2) is 5.42. The Labute approximate surface area is 96.4 Å². The van der Waals surface area contributed by atoms with E-state index in [4.69, 9.17) is 18.0 Å². The first-order chi connectivity index (χ1) is 7.04. The van der Waals surface area contributed by atoms with Gasteiger partial charge in [-0.1, -0.05) is 12.2 Å². The highest BCUT2D eigenvalue weighted by Gasteiger charge is 2.31. The van der Waals surface area contributed by atoms with Crippen LogP contribution in [0.1, 0.15) is 19.8 Å². The van der Waals surface area contributed by atoms with E-state index in [0.717, 1.165) is 19.4 Å². The molecule has 1 amide bonds. The molecular weight excluding hydrogens is 210 g/mol. The first-order valence-electron chi connectivity index (χ1n) is 5.31. The molecule has 5 heteroatoms. The van der Waals surface area contributed by atoms with E-state index in [2.05, 4.69) is 0 Å². The summed E-state index contributed by atoms with van der Waals surface area (Å²) in [6.45, 7) is 3.72. The normalized spacial score (nSPS) is 15.4. The van der Waals surface area contributed by atoms with E-state index in [1.165, 1.54) is 0 Å². The molecular formula is C10H19N3OS. The van der Waals surface area contributed by atoms with Gasteiger partial charge in [0.25, 0.3) is 0 Å². The maximum Gasteiger partial charge on any atom is 0.236 e. The quantitative estimate of drug-likeness (QED) is 0.662. The molecule has 86 valence electrons. The molecule has 0 aromatic heterocycles. The second-order valence-electron chi connectivity index (χ2n) is 4.05. The predicted octanol–water partition coefficient (Wildman–Crippen LogP) is 0.215. The van der Waals surface area contributed by atoms with Crippen LogP contribution >= 0.6 is 12.2 Å². The van der Waals surface area contributed by atoms with E-state index in [0.29, 0.717) is 24.1 Å². The Balaban J connectivity index is 2.35. The fourth-order valence-electron chi connectivity index (χ4n) is 1.67. The van der Waals surface area contributed by atoms with E-state index >= 15 is 0 Å². The van der Waals surface area contributed by atoms with Crippen LogP contribution in [0.15, 0.2) is 0 Å². The number of hydrogen-bond acceptors (Lipinski definition) is 3. The molecule has 0 bridgehead atoms. The average molecular weight is 229 g/mol. The van der Waals surface area contributed by atoms with Crippen molar-refractivity contribution in [1.82, 2.24) is 9.80 Å². The van der Waals surface area contributed by atoms with Gasteiger partial charge in [0.05, 0.1) is 11.5 Å². The Hall–Kier alpha value is -0.680. The van der Waals surface area contributed by atoms with Gasteiger partial charge in [-0.05, 0) is 26.8 Å². The molecule has 0 aromatic carbocycles. The summed E-state index contributed by atoms with van der Waals surface area (Å²) in [7, 11) is 1.86. The number of nitrogens with zero attached hydrogens (tertiary/aromatic N) is 2. The number of carbonyl (C=O) groups excluding carboxylic acids is 1. The molecule has 1 rings (SSSR count). The highest BCUT2D eigenvalue weighted by molar-refractivity contribution is 7.80. The van der Waals surface area contributed by atoms with Gasteiger partial charge in [0.1, 0.15) is 0 Å². The van der Waals surface area contributed by atoms with Crippen molar-refractivity contribution >= 4 is 23.1 Å². The molecule has 0 aromatic rings. The maximum absolute atomic E-state index is 11.8. The first-order valence-corrected chi connectivity index (χ1v) is 5.71. The third-order valence-corrected chi connectivity index (χ3v) is 2.61. The number of hydrogen-bond donors (Lipinski definition) is 1. The zero-order valence-corrected chi connectivity index (χ0v) is 10.2. The monoisotopic (exact) mass is 229 g/mol. The third kappa shape index (κ3) is 4.13. The summed E-state index contributed by atoms with van der Waals surface area (Å²) < 4.78 is 0. The van der Waals surface area contributed by atoms with Gasteiger partial charge >= 0.3 is 0 Å². The van der Waals surface area contributed by atoms with Crippen LogP contribution in [0.3, 0.4) is 0 Å². The zero-order valence-electron chi connectivity index (χ0n) is 9.40. The zero-order chi connectivity index (χ0) is 11.4. The van der Waals surface area contributed by atoms with E-state index in [-0.39, 0.29) is 5.91 Å². The number of rotatable bonds is 6. The van der Waals surface area contributed by atoms with Crippen LogP contribution in [0.25, 0.3) is 0 Å². The minimum absolute atomic E-state index is 0.179. The average Bonchev–Trinajstić information content (AvgIpc) is 2.87. The first kappa shape index (κ1) is 12.4. The largest absolute Gasteiger partial charge is 0.392 e. The number of carbonyl (C=O) groups is 1. The summed E-state index contributed by atoms with van der Waals surface area (Å²) in [5, 5.41) is 0. The third-order valence-electron chi connectivity index (χ3n) is 2.48. The van der Waals surface area contributed by atoms with Crippen molar-refractivity contribution in [1.29, 1.82) is 0 Å². The molecule has 1 saturated carbocycles. The molecule has 0 heterocycles. The molecule has 1 aliphatic rings. The van der Waals surface area contributed by atoms with Crippen molar-refractivity contribution < 1.29 is 4.79 Å². The summed E-state index contributed by atoms with van der Waals surface area (Å²) >= 11 is 4.79. The van der Waals surface area contributed by atoms with Crippen molar-refractivity contribution in [2.75, 3.05) is 26.7 Å². The Morgan fingerprint density at radius 1 is 1.47 bits per heavy atom. The van der Waals surface area contributed by atoms with Crippen LogP contribution in [-0.4, -0.2) is 53.4 Å². The van der Waals surface area contributed by atoms with Gasteiger partial charge in [0, 0.05) is 19.1 Å². The highest BCUT2D eigenvalue weighted by atomic mass is 32.1. The standard InChI is InChI=1S/C10H19N3OS/c1-3-13(8-4-5-8)10(14)7-12(2)6-9(11)15/h8H,3-7H2,1-2H3,(H2,11,15). The molecule has 0 unspecified atom stereocenters. The molecule has 0 spiro atoms. The van der Waals surface area contributed by atoms with Crippen LogP contribution in [0, 0.1) is 0 Å². The lowest BCUT2D eigenvalue weighted by Crippen LogP contribution is -2.42. The van der Waals surface area contributed by atoms with Gasteiger partial charge < -0.3 is 10.6 Å². The Morgan fingerprint density at radius 3 is 2.47 bits per heavy atom. The lowest BCUT2D eigenvalue weighted by molar-refractivity contribution is -0.132. The van der Waals surface area contributed by atoms with Crippen LogP contribution < -0.4 is 5.73 Å². The summed E-state index contributed by atoms with van der Waals surface area (Å²) in [4.78, 5) is 16.1. The smallest absolute Gasteiger partial charge is 0.236 e. The number of thiocarbonyl (C=S) groups is 1. The van der Waals surface area contributed by atoms with Crippen molar-refractivity contribution in [2.24, 2.45) is 5.73 Å². The summed E-state index contributed by atoms with van der Waals surface area (Å²) in [5.74, 6) is 0.179. The number of amides is 1. The van der Waals surface area contributed by atoms with Crippen LogP contribution in [0.4, 0.5) is 0 Å². The second-order valence-corrected chi connectivity index (χ2v) is 4.57. The SMILES string of the molecule is CCN(C(=O)CN(C)CC(N)=S)C1CC1. The Morgan fingerprint density at radius 2 is 2.07 bits per heavy atom. The van der Waals surface area contributed by atoms with Gasteiger partial charge in [0.15, 0.2) is 0 Å². The highest BCUT2D eigenvalue weighted by Crippen LogP contribution is 2.26. The van der Waals surface area contributed by atoms with Gasteiger partial charge in [0.2, 0.25) is 5.91 Å². The summed E-state index contributed by atoms with van der Waals surface area (Å²) in [6, 6.07) is 0.487. The number of likely N-dealkylation sites (N-methyl/N-ethyl adjacent to an activating group) is 2.